The van der Waals surface area contributed by atoms with Gasteiger partial charge in [-0.05, 0) is 36.1 Å². The number of aromatic nitrogens is 1. The summed E-state index contributed by atoms with van der Waals surface area (Å²) in [5.41, 5.74) is 2.60. The normalized spacial score (nSPS) is 10.2. The maximum Gasteiger partial charge on any atom is 0.127 e. The summed E-state index contributed by atoms with van der Waals surface area (Å²) in [6.07, 6.45) is 4.03. The molecule has 0 bridgehead atoms. The van der Waals surface area contributed by atoms with Gasteiger partial charge in [0.1, 0.15) is 5.82 Å². The zero-order chi connectivity index (χ0) is 12.1. The molecule has 2 rings (SSSR count). The van der Waals surface area contributed by atoms with Crippen LogP contribution < -0.4 is 4.90 Å². The van der Waals surface area contributed by atoms with Gasteiger partial charge in [-0.3, -0.25) is 0 Å². The van der Waals surface area contributed by atoms with Gasteiger partial charge in [-0.25, -0.2) is 4.98 Å². The Kier molecular flexibility index (Phi) is 3.76. The number of hydrogen-bond donors (Lipinski definition) is 0. The smallest absolute Gasteiger partial charge is 0.127 e. The molecule has 87 valence electrons. The Morgan fingerprint density at radius 2 is 1.94 bits per heavy atom. The second-order valence-corrected chi connectivity index (χ2v) is 4.33. The van der Waals surface area contributed by atoms with Crippen LogP contribution in [-0.4, -0.2) is 19.1 Å². The average Bonchev–Trinajstić information content (AvgIpc) is 2.38. The third kappa shape index (κ3) is 3.31. The lowest BCUT2D eigenvalue weighted by molar-refractivity contribution is 0.944. The highest BCUT2D eigenvalue weighted by molar-refractivity contribution is 5.37. The molecule has 0 N–H and O–H groups in total. The number of aryl methyl sites for hydroxylation is 2. The minimum absolute atomic E-state index is 1.00. The fourth-order valence-electron chi connectivity index (χ4n) is 1.70. The first kappa shape index (κ1) is 11.6. The summed E-state index contributed by atoms with van der Waals surface area (Å²) < 4.78 is 0. The van der Waals surface area contributed by atoms with Gasteiger partial charge < -0.3 is 4.90 Å². The number of pyridine rings is 1. The average molecular weight is 225 g/mol. The number of rotatable bonds is 4. The van der Waals surface area contributed by atoms with Crippen LogP contribution in [0.4, 0.5) is 5.82 Å². The molecular formula is C15H17N2. The highest BCUT2D eigenvalue weighted by Gasteiger charge is 1.98. The molecule has 0 spiro atoms. The predicted octanol–water partition coefficient (Wildman–Crippen LogP) is 2.73. The van der Waals surface area contributed by atoms with E-state index in [4.69, 9.17) is 0 Å². The summed E-state index contributed by atoms with van der Waals surface area (Å²) in [5.74, 6) is 1.00. The summed E-state index contributed by atoms with van der Waals surface area (Å²) in [6, 6.07) is 15.4. The molecule has 2 nitrogen and oxygen atoms in total. The maximum atomic E-state index is 4.41. The van der Waals surface area contributed by atoms with Crippen molar-refractivity contribution in [2.45, 2.75) is 12.8 Å². The van der Waals surface area contributed by atoms with Crippen molar-refractivity contribution in [1.82, 2.24) is 4.98 Å². The third-order valence-electron chi connectivity index (χ3n) is 2.74. The minimum atomic E-state index is 1.00. The molecular weight excluding hydrogens is 208 g/mol. The Labute approximate surface area is 103 Å². The summed E-state index contributed by atoms with van der Waals surface area (Å²) in [6.45, 7) is 0. The van der Waals surface area contributed by atoms with Crippen LogP contribution in [0.15, 0.2) is 42.6 Å². The van der Waals surface area contributed by atoms with Gasteiger partial charge in [0, 0.05) is 20.3 Å². The van der Waals surface area contributed by atoms with Gasteiger partial charge in [0.2, 0.25) is 0 Å². The molecule has 0 amide bonds. The molecule has 0 unspecified atom stereocenters. The first-order valence-electron chi connectivity index (χ1n) is 5.83. The molecule has 0 saturated carbocycles. The zero-order valence-electron chi connectivity index (χ0n) is 10.4. The fourth-order valence-corrected chi connectivity index (χ4v) is 1.70. The number of anilines is 1. The maximum absolute atomic E-state index is 4.41. The SMILES string of the molecule is CN(C)c1ccc(CCc2c[c]ccc2)cn1. The topological polar surface area (TPSA) is 16.1 Å². The van der Waals surface area contributed by atoms with Crippen molar-refractivity contribution in [2.75, 3.05) is 19.0 Å². The monoisotopic (exact) mass is 225 g/mol. The zero-order valence-corrected chi connectivity index (χ0v) is 10.4. The van der Waals surface area contributed by atoms with Gasteiger partial charge in [0.05, 0.1) is 0 Å². The van der Waals surface area contributed by atoms with E-state index in [0.717, 1.165) is 18.7 Å². The first-order chi connectivity index (χ1) is 8.25. The molecule has 0 aliphatic heterocycles. The van der Waals surface area contributed by atoms with E-state index >= 15 is 0 Å². The van der Waals surface area contributed by atoms with E-state index in [2.05, 4.69) is 29.2 Å². The van der Waals surface area contributed by atoms with E-state index in [1.54, 1.807) is 0 Å². The molecule has 1 aromatic carbocycles. The van der Waals surface area contributed by atoms with Crippen LogP contribution in [-0.2, 0) is 12.8 Å². The van der Waals surface area contributed by atoms with E-state index in [0.29, 0.717) is 0 Å². The van der Waals surface area contributed by atoms with Crippen LogP contribution in [0.5, 0.6) is 0 Å². The Bertz CT molecular complexity index is 446. The highest BCUT2D eigenvalue weighted by Crippen LogP contribution is 2.10. The number of hydrogen-bond acceptors (Lipinski definition) is 2. The molecule has 0 atom stereocenters. The second-order valence-electron chi connectivity index (χ2n) is 4.33. The third-order valence-corrected chi connectivity index (χ3v) is 2.74. The molecule has 0 saturated heterocycles. The highest BCUT2D eigenvalue weighted by atomic mass is 15.1. The summed E-state index contributed by atoms with van der Waals surface area (Å²) >= 11 is 0. The summed E-state index contributed by atoms with van der Waals surface area (Å²) in [7, 11) is 4.00. The molecule has 17 heavy (non-hydrogen) atoms. The molecule has 2 aromatic rings. The molecule has 2 heteroatoms. The van der Waals surface area contributed by atoms with Crippen molar-refractivity contribution in [2.24, 2.45) is 0 Å². The molecule has 1 aromatic heterocycles. The fraction of sp³-hybridized carbons (Fsp3) is 0.267. The van der Waals surface area contributed by atoms with Crippen molar-refractivity contribution >= 4 is 5.82 Å². The minimum Gasteiger partial charge on any atom is -0.363 e. The molecule has 0 aliphatic rings. The first-order valence-corrected chi connectivity index (χ1v) is 5.83. The lowest BCUT2D eigenvalue weighted by Crippen LogP contribution is -2.10. The van der Waals surface area contributed by atoms with E-state index in [1.165, 1.54) is 11.1 Å². The van der Waals surface area contributed by atoms with E-state index in [9.17, 15) is 0 Å². The Balaban J connectivity index is 1.96. The van der Waals surface area contributed by atoms with E-state index < -0.39 is 0 Å². The van der Waals surface area contributed by atoms with Crippen LogP contribution in [0.3, 0.4) is 0 Å². The van der Waals surface area contributed by atoms with Gasteiger partial charge in [-0.1, -0.05) is 30.3 Å². The quantitative estimate of drug-likeness (QED) is 0.795. The van der Waals surface area contributed by atoms with Crippen LogP contribution in [0.1, 0.15) is 11.1 Å². The van der Waals surface area contributed by atoms with Crippen LogP contribution in [0.2, 0.25) is 0 Å². The Morgan fingerprint density at radius 3 is 2.53 bits per heavy atom. The lowest BCUT2D eigenvalue weighted by Gasteiger charge is -2.11. The van der Waals surface area contributed by atoms with Crippen LogP contribution >= 0.6 is 0 Å². The molecule has 0 aliphatic carbocycles. The second kappa shape index (κ2) is 5.48. The van der Waals surface area contributed by atoms with E-state index in [-0.39, 0.29) is 0 Å². The summed E-state index contributed by atoms with van der Waals surface area (Å²) in [5, 5.41) is 0. The predicted molar refractivity (Wildman–Crippen MR) is 71.3 cm³/mol. The van der Waals surface area contributed by atoms with Crippen LogP contribution in [0.25, 0.3) is 0 Å². The largest absolute Gasteiger partial charge is 0.363 e. The molecule has 1 radical (unpaired) electrons. The Hall–Kier alpha value is -1.83. The van der Waals surface area contributed by atoms with Crippen molar-refractivity contribution in [3.63, 3.8) is 0 Å². The van der Waals surface area contributed by atoms with Crippen molar-refractivity contribution in [1.29, 1.82) is 0 Å². The summed E-state index contributed by atoms with van der Waals surface area (Å²) in [4.78, 5) is 6.42. The van der Waals surface area contributed by atoms with Gasteiger partial charge >= 0.3 is 0 Å². The van der Waals surface area contributed by atoms with Gasteiger partial charge in [-0.15, -0.1) is 0 Å². The molecule has 1 heterocycles. The van der Waals surface area contributed by atoms with Crippen molar-refractivity contribution in [3.8, 4) is 0 Å². The van der Waals surface area contributed by atoms with Gasteiger partial charge in [0.25, 0.3) is 0 Å². The van der Waals surface area contributed by atoms with Gasteiger partial charge in [0.15, 0.2) is 0 Å². The van der Waals surface area contributed by atoms with Crippen LogP contribution in [0, 0.1) is 6.07 Å². The number of nitrogens with zero attached hydrogens (tertiary/aromatic N) is 2. The molecule has 0 fully saturated rings. The van der Waals surface area contributed by atoms with Crippen molar-refractivity contribution in [3.05, 3.63) is 59.8 Å². The van der Waals surface area contributed by atoms with Crippen molar-refractivity contribution < 1.29 is 0 Å². The van der Waals surface area contributed by atoms with E-state index in [1.807, 2.05) is 43.4 Å². The van der Waals surface area contributed by atoms with Gasteiger partial charge in [-0.2, -0.15) is 0 Å². The standard InChI is InChI=1S/C15H17N2/c1-17(2)15-11-10-14(12-16-15)9-8-13-6-4-3-5-7-13/h3-4,6-7,10-12H,8-9H2,1-2H3. The lowest BCUT2D eigenvalue weighted by atomic mass is 10.1. The Morgan fingerprint density at radius 1 is 1.12 bits per heavy atom. The number of benzene rings is 1.